The van der Waals surface area contributed by atoms with Crippen LogP contribution in [0.5, 0.6) is 0 Å². The van der Waals surface area contributed by atoms with E-state index in [0.717, 1.165) is 25.7 Å². The molecule has 3 nitrogen and oxygen atoms in total. The molecule has 2 N–H and O–H groups in total. The fourth-order valence-corrected chi connectivity index (χ4v) is 2.20. The first-order valence-electron chi connectivity index (χ1n) is 6.13. The summed E-state index contributed by atoms with van der Waals surface area (Å²) in [6.45, 7) is 2.16. The molecule has 1 rings (SSSR count). The van der Waals surface area contributed by atoms with Crippen LogP contribution >= 0.6 is 11.6 Å². The molecule has 1 aliphatic rings. The van der Waals surface area contributed by atoms with E-state index in [-0.39, 0.29) is 11.8 Å². The number of carbonyl (C=O) groups excluding carboxylic acids is 1. The first kappa shape index (κ1) is 13.8. The van der Waals surface area contributed by atoms with Crippen molar-refractivity contribution in [2.24, 2.45) is 5.92 Å². The van der Waals surface area contributed by atoms with Gasteiger partial charge in [0.05, 0.1) is 5.60 Å². The van der Waals surface area contributed by atoms with E-state index in [9.17, 15) is 9.90 Å². The number of hydrogen-bond acceptors (Lipinski definition) is 2. The SMILES string of the molecule is CC(CCl)C(=O)NCC1(O)CCCCCC1. The normalized spacial score (nSPS) is 22.2. The molecule has 0 aliphatic heterocycles. The highest BCUT2D eigenvalue weighted by Gasteiger charge is 2.28. The van der Waals surface area contributed by atoms with E-state index in [0.29, 0.717) is 12.4 Å². The van der Waals surface area contributed by atoms with Gasteiger partial charge in [-0.25, -0.2) is 0 Å². The van der Waals surface area contributed by atoms with Crippen LogP contribution in [0.4, 0.5) is 0 Å². The molecule has 1 fully saturated rings. The van der Waals surface area contributed by atoms with Gasteiger partial charge in [0.25, 0.3) is 0 Å². The smallest absolute Gasteiger partial charge is 0.224 e. The maximum absolute atomic E-state index is 11.5. The lowest BCUT2D eigenvalue weighted by atomic mass is 9.94. The van der Waals surface area contributed by atoms with Crippen molar-refractivity contribution < 1.29 is 9.90 Å². The maximum Gasteiger partial charge on any atom is 0.224 e. The Kier molecular flexibility index (Phi) is 5.56. The minimum absolute atomic E-state index is 0.0623. The van der Waals surface area contributed by atoms with Crippen LogP contribution in [0.3, 0.4) is 0 Å². The van der Waals surface area contributed by atoms with Gasteiger partial charge >= 0.3 is 0 Å². The van der Waals surface area contributed by atoms with Crippen LogP contribution in [0.2, 0.25) is 0 Å². The number of carbonyl (C=O) groups is 1. The molecule has 1 atom stereocenters. The quantitative estimate of drug-likeness (QED) is 0.590. The average molecular weight is 248 g/mol. The van der Waals surface area contributed by atoms with Gasteiger partial charge in [-0.3, -0.25) is 4.79 Å². The van der Waals surface area contributed by atoms with Crippen molar-refractivity contribution in [3.63, 3.8) is 0 Å². The van der Waals surface area contributed by atoms with Crippen molar-refractivity contribution in [1.29, 1.82) is 0 Å². The minimum Gasteiger partial charge on any atom is -0.388 e. The van der Waals surface area contributed by atoms with Crippen molar-refractivity contribution in [2.45, 2.75) is 51.0 Å². The summed E-state index contributed by atoms with van der Waals surface area (Å²) in [4.78, 5) is 11.5. The van der Waals surface area contributed by atoms with Gasteiger partial charge in [-0.15, -0.1) is 11.6 Å². The Labute approximate surface area is 103 Å². The molecule has 0 aromatic heterocycles. The number of alkyl halides is 1. The number of hydrogen-bond donors (Lipinski definition) is 2. The van der Waals surface area contributed by atoms with E-state index in [1.54, 1.807) is 6.92 Å². The number of halogens is 1. The van der Waals surface area contributed by atoms with Crippen LogP contribution in [0, 0.1) is 5.92 Å². The topological polar surface area (TPSA) is 49.3 Å². The third kappa shape index (κ3) is 4.30. The Morgan fingerprint density at radius 2 is 1.94 bits per heavy atom. The van der Waals surface area contributed by atoms with Crippen molar-refractivity contribution in [3.05, 3.63) is 0 Å². The molecular weight excluding hydrogens is 226 g/mol. The van der Waals surface area contributed by atoms with Gasteiger partial charge in [0, 0.05) is 18.3 Å². The summed E-state index contributed by atoms with van der Waals surface area (Å²) in [5.74, 6) is 0.0771. The van der Waals surface area contributed by atoms with Crippen molar-refractivity contribution in [2.75, 3.05) is 12.4 Å². The van der Waals surface area contributed by atoms with E-state index in [1.165, 1.54) is 12.8 Å². The van der Waals surface area contributed by atoms with Gasteiger partial charge in [0.15, 0.2) is 0 Å². The predicted octanol–water partition coefficient (Wildman–Crippen LogP) is 2.06. The second-order valence-corrected chi connectivity index (χ2v) is 5.22. The zero-order chi connectivity index (χ0) is 12.0. The zero-order valence-corrected chi connectivity index (χ0v) is 10.7. The van der Waals surface area contributed by atoms with Crippen molar-refractivity contribution >= 4 is 17.5 Å². The summed E-state index contributed by atoms with van der Waals surface area (Å²) in [6, 6.07) is 0. The third-order valence-corrected chi connectivity index (χ3v) is 3.77. The fourth-order valence-electron chi connectivity index (χ4n) is 2.06. The summed E-state index contributed by atoms with van der Waals surface area (Å²) >= 11 is 5.61. The lowest BCUT2D eigenvalue weighted by Gasteiger charge is -2.27. The molecule has 16 heavy (non-hydrogen) atoms. The Bertz CT molecular complexity index is 225. The van der Waals surface area contributed by atoms with Crippen LogP contribution < -0.4 is 5.32 Å². The van der Waals surface area contributed by atoms with Gasteiger partial charge in [-0.05, 0) is 12.8 Å². The summed E-state index contributed by atoms with van der Waals surface area (Å²) in [5, 5.41) is 13.1. The molecule has 1 unspecified atom stereocenters. The van der Waals surface area contributed by atoms with Gasteiger partial charge in [-0.1, -0.05) is 32.6 Å². The largest absolute Gasteiger partial charge is 0.388 e. The lowest BCUT2D eigenvalue weighted by molar-refractivity contribution is -0.125. The molecular formula is C12H22ClNO2. The summed E-state index contributed by atoms with van der Waals surface area (Å²) in [5.41, 5.74) is -0.696. The zero-order valence-electron chi connectivity index (χ0n) is 9.97. The molecule has 94 valence electrons. The Balaban J connectivity index is 2.37. The monoisotopic (exact) mass is 247 g/mol. The molecule has 0 radical (unpaired) electrons. The van der Waals surface area contributed by atoms with Crippen LogP contribution in [0.25, 0.3) is 0 Å². The van der Waals surface area contributed by atoms with Gasteiger partial charge < -0.3 is 10.4 Å². The molecule has 0 aromatic rings. The van der Waals surface area contributed by atoms with Crippen LogP contribution in [0.1, 0.15) is 45.4 Å². The second kappa shape index (κ2) is 6.45. The number of aliphatic hydroxyl groups is 1. The van der Waals surface area contributed by atoms with E-state index in [4.69, 9.17) is 11.6 Å². The molecule has 0 saturated heterocycles. The molecule has 0 heterocycles. The molecule has 0 spiro atoms. The lowest BCUT2D eigenvalue weighted by Crippen LogP contribution is -2.44. The third-order valence-electron chi connectivity index (χ3n) is 3.30. The van der Waals surface area contributed by atoms with Crippen LogP contribution in [-0.2, 0) is 4.79 Å². The highest BCUT2D eigenvalue weighted by atomic mass is 35.5. The van der Waals surface area contributed by atoms with E-state index >= 15 is 0 Å². The van der Waals surface area contributed by atoms with Crippen molar-refractivity contribution in [1.82, 2.24) is 5.32 Å². The summed E-state index contributed by atoms with van der Waals surface area (Å²) in [7, 11) is 0. The average Bonchev–Trinajstić information content (AvgIpc) is 2.50. The Hall–Kier alpha value is -0.280. The first-order chi connectivity index (χ1) is 7.57. The Morgan fingerprint density at radius 1 is 1.38 bits per heavy atom. The van der Waals surface area contributed by atoms with Gasteiger partial charge in [0.2, 0.25) is 5.91 Å². The molecule has 1 aliphatic carbocycles. The maximum atomic E-state index is 11.5. The Morgan fingerprint density at radius 3 is 2.44 bits per heavy atom. The summed E-state index contributed by atoms with van der Waals surface area (Å²) in [6.07, 6.45) is 6.07. The fraction of sp³-hybridized carbons (Fsp3) is 0.917. The highest BCUT2D eigenvalue weighted by molar-refractivity contribution is 6.19. The van der Waals surface area contributed by atoms with Crippen molar-refractivity contribution in [3.8, 4) is 0 Å². The van der Waals surface area contributed by atoms with E-state index < -0.39 is 5.60 Å². The van der Waals surface area contributed by atoms with Crippen LogP contribution in [-0.4, -0.2) is 29.0 Å². The second-order valence-electron chi connectivity index (χ2n) is 4.91. The predicted molar refractivity (Wildman–Crippen MR) is 65.5 cm³/mol. The van der Waals surface area contributed by atoms with Crippen LogP contribution in [0.15, 0.2) is 0 Å². The molecule has 0 aromatic carbocycles. The van der Waals surface area contributed by atoms with Gasteiger partial charge in [-0.2, -0.15) is 0 Å². The number of nitrogens with one attached hydrogen (secondary N) is 1. The summed E-state index contributed by atoms with van der Waals surface area (Å²) < 4.78 is 0. The standard InChI is InChI=1S/C12H22ClNO2/c1-10(8-13)11(15)14-9-12(16)6-4-2-3-5-7-12/h10,16H,2-9H2,1H3,(H,14,15). The molecule has 4 heteroatoms. The minimum atomic E-state index is -0.696. The number of amides is 1. The van der Waals surface area contributed by atoms with E-state index in [2.05, 4.69) is 5.32 Å². The first-order valence-corrected chi connectivity index (χ1v) is 6.67. The number of rotatable bonds is 4. The molecule has 1 amide bonds. The van der Waals surface area contributed by atoms with Gasteiger partial charge in [0.1, 0.15) is 0 Å². The van der Waals surface area contributed by atoms with E-state index in [1.807, 2.05) is 0 Å². The molecule has 1 saturated carbocycles. The molecule has 0 bridgehead atoms. The highest BCUT2D eigenvalue weighted by Crippen LogP contribution is 2.26.